The average molecular weight is 264 g/mol. The van der Waals surface area contributed by atoms with E-state index in [2.05, 4.69) is 4.74 Å². The van der Waals surface area contributed by atoms with Crippen molar-refractivity contribution in [3.8, 4) is 5.75 Å². The van der Waals surface area contributed by atoms with Crippen LogP contribution in [0.2, 0.25) is 0 Å². The molecule has 0 aliphatic heterocycles. The monoisotopic (exact) mass is 264 g/mol. The zero-order valence-electron chi connectivity index (χ0n) is 10.4. The standard InChI is InChI=1S/C15H14F2O2/c1-10-5-2-3-8-13(10)14(18)11-6-4-7-12(9-11)19-15(16)17/h2-9,14-15,18H,1H3. The molecule has 0 aromatic heterocycles. The van der Waals surface area contributed by atoms with Crippen LogP contribution in [0.3, 0.4) is 0 Å². The molecule has 0 amide bonds. The van der Waals surface area contributed by atoms with Crippen LogP contribution in [-0.2, 0) is 0 Å². The van der Waals surface area contributed by atoms with Gasteiger partial charge in [0.1, 0.15) is 11.9 Å². The third-order valence-corrected chi connectivity index (χ3v) is 2.88. The normalized spacial score (nSPS) is 12.5. The molecular formula is C15H14F2O2. The Hall–Kier alpha value is -1.94. The Balaban J connectivity index is 2.29. The molecule has 19 heavy (non-hydrogen) atoms. The predicted molar refractivity (Wildman–Crippen MR) is 68.3 cm³/mol. The van der Waals surface area contributed by atoms with Gasteiger partial charge in [-0.05, 0) is 35.7 Å². The molecule has 1 atom stereocenters. The third kappa shape index (κ3) is 3.29. The van der Waals surface area contributed by atoms with Gasteiger partial charge in [0.05, 0.1) is 0 Å². The Bertz CT molecular complexity index is 555. The number of alkyl halides is 2. The summed E-state index contributed by atoms with van der Waals surface area (Å²) in [5.41, 5.74) is 2.21. The van der Waals surface area contributed by atoms with E-state index in [0.717, 1.165) is 11.1 Å². The summed E-state index contributed by atoms with van der Waals surface area (Å²) in [6, 6.07) is 13.5. The Morgan fingerprint density at radius 1 is 1.05 bits per heavy atom. The molecule has 0 aliphatic carbocycles. The molecule has 0 bridgehead atoms. The predicted octanol–water partition coefficient (Wildman–Crippen LogP) is 3.68. The second-order valence-electron chi connectivity index (χ2n) is 4.21. The van der Waals surface area contributed by atoms with Crippen LogP contribution in [0.1, 0.15) is 22.8 Å². The number of hydrogen-bond acceptors (Lipinski definition) is 2. The van der Waals surface area contributed by atoms with Gasteiger partial charge in [0.25, 0.3) is 0 Å². The Morgan fingerprint density at radius 2 is 1.79 bits per heavy atom. The summed E-state index contributed by atoms with van der Waals surface area (Å²) in [4.78, 5) is 0. The van der Waals surface area contributed by atoms with Crippen LogP contribution in [0.25, 0.3) is 0 Å². The number of halogens is 2. The van der Waals surface area contributed by atoms with Crippen molar-refractivity contribution in [3.63, 3.8) is 0 Å². The first-order chi connectivity index (χ1) is 9.08. The van der Waals surface area contributed by atoms with Crippen molar-refractivity contribution >= 4 is 0 Å². The van der Waals surface area contributed by atoms with Crippen LogP contribution in [0.5, 0.6) is 5.75 Å². The summed E-state index contributed by atoms with van der Waals surface area (Å²) < 4.78 is 28.6. The first-order valence-corrected chi connectivity index (χ1v) is 5.86. The fraction of sp³-hybridized carbons (Fsp3) is 0.200. The van der Waals surface area contributed by atoms with E-state index in [9.17, 15) is 13.9 Å². The lowest BCUT2D eigenvalue weighted by Crippen LogP contribution is -2.05. The first kappa shape index (κ1) is 13.5. The van der Waals surface area contributed by atoms with Gasteiger partial charge >= 0.3 is 6.61 Å². The molecule has 2 aromatic rings. The molecule has 0 fully saturated rings. The fourth-order valence-corrected chi connectivity index (χ4v) is 1.93. The molecule has 1 unspecified atom stereocenters. The topological polar surface area (TPSA) is 29.5 Å². The van der Waals surface area contributed by atoms with E-state index in [1.165, 1.54) is 12.1 Å². The van der Waals surface area contributed by atoms with E-state index >= 15 is 0 Å². The highest BCUT2D eigenvalue weighted by Crippen LogP contribution is 2.27. The van der Waals surface area contributed by atoms with Crippen molar-refractivity contribution in [1.29, 1.82) is 0 Å². The largest absolute Gasteiger partial charge is 0.435 e. The molecule has 2 aromatic carbocycles. The highest BCUT2D eigenvalue weighted by molar-refractivity contribution is 5.38. The fourth-order valence-electron chi connectivity index (χ4n) is 1.93. The number of hydrogen-bond donors (Lipinski definition) is 1. The van der Waals surface area contributed by atoms with E-state index in [1.807, 2.05) is 25.1 Å². The van der Waals surface area contributed by atoms with Crippen molar-refractivity contribution in [2.24, 2.45) is 0 Å². The van der Waals surface area contributed by atoms with Crippen molar-refractivity contribution in [1.82, 2.24) is 0 Å². The molecule has 0 saturated heterocycles. The van der Waals surface area contributed by atoms with Crippen molar-refractivity contribution in [3.05, 3.63) is 65.2 Å². The Kier molecular flexibility index (Phi) is 4.12. The summed E-state index contributed by atoms with van der Waals surface area (Å²) in [5.74, 6) is 0.0418. The summed E-state index contributed by atoms with van der Waals surface area (Å²) in [6.07, 6.45) is -0.859. The molecule has 0 heterocycles. The van der Waals surface area contributed by atoms with Gasteiger partial charge < -0.3 is 9.84 Å². The quantitative estimate of drug-likeness (QED) is 0.912. The Labute approximate surface area is 110 Å². The lowest BCUT2D eigenvalue weighted by atomic mass is 9.97. The van der Waals surface area contributed by atoms with Gasteiger partial charge in [-0.2, -0.15) is 8.78 Å². The number of aryl methyl sites for hydroxylation is 1. The maximum atomic E-state index is 12.2. The van der Waals surface area contributed by atoms with Gasteiger partial charge in [-0.1, -0.05) is 36.4 Å². The number of benzene rings is 2. The lowest BCUT2D eigenvalue weighted by molar-refractivity contribution is -0.0499. The van der Waals surface area contributed by atoms with Gasteiger partial charge in [-0.15, -0.1) is 0 Å². The number of aliphatic hydroxyl groups is 1. The second kappa shape index (κ2) is 5.80. The van der Waals surface area contributed by atoms with Crippen LogP contribution in [0.15, 0.2) is 48.5 Å². The SMILES string of the molecule is Cc1ccccc1C(O)c1cccc(OC(F)F)c1. The highest BCUT2D eigenvalue weighted by Gasteiger charge is 2.14. The van der Waals surface area contributed by atoms with E-state index < -0.39 is 12.7 Å². The minimum absolute atomic E-state index is 0.0418. The van der Waals surface area contributed by atoms with Crippen LogP contribution in [0.4, 0.5) is 8.78 Å². The van der Waals surface area contributed by atoms with E-state index in [0.29, 0.717) is 5.56 Å². The highest BCUT2D eigenvalue weighted by atomic mass is 19.3. The number of aliphatic hydroxyl groups excluding tert-OH is 1. The minimum atomic E-state index is -2.87. The number of ether oxygens (including phenoxy) is 1. The molecular weight excluding hydrogens is 250 g/mol. The maximum absolute atomic E-state index is 12.2. The molecule has 0 saturated carbocycles. The molecule has 4 heteroatoms. The van der Waals surface area contributed by atoms with E-state index in [1.54, 1.807) is 18.2 Å². The molecule has 0 radical (unpaired) electrons. The van der Waals surface area contributed by atoms with Gasteiger partial charge in [-0.3, -0.25) is 0 Å². The van der Waals surface area contributed by atoms with Gasteiger partial charge in [-0.25, -0.2) is 0 Å². The summed E-state index contributed by atoms with van der Waals surface area (Å²) >= 11 is 0. The van der Waals surface area contributed by atoms with Crippen molar-refractivity contribution < 1.29 is 18.6 Å². The molecule has 2 nitrogen and oxygen atoms in total. The minimum Gasteiger partial charge on any atom is -0.435 e. The van der Waals surface area contributed by atoms with Crippen LogP contribution < -0.4 is 4.74 Å². The lowest BCUT2D eigenvalue weighted by Gasteiger charge is -2.15. The average Bonchev–Trinajstić information content (AvgIpc) is 2.38. The molecule has 1 N–H and O–H groups in total. The van der Waals surface area contributed by atoms with E-state index in [-0.39, 0.29) is 5.75 Å². The van der Waals surface area contributed by atoms with Gasteiger partial charge in [0.15, 0.2) is 0 Å². The third-order valence-electron chi connectivity index (χ3n) is 2.88. The zero-order valence-corrected chi connectivity index (χ0v) is 10.4. The summed E-state index contributed by atoms with van der Waals surface area (Å²) in [6.45, 7) is -0.983. The number of rotatable bonds is 4. The maximum Gasteiger partial charge on any atom is 0.387 e. The van der Waals surface area contributed by atoms with Gasteiger partial charge in [0, 0.05) is 0 Å². The molecule has 2 rings (SSSR count). The zero-order chi connectivity index (χ0) is 13.8. The van der Waals surface area contributed by atoms with Gasteiger partial charge in [0.2, 0.25) is 0 Å². The van der Waals surface area contributed by atoms with Crippen molar-refractivity contribution in [2.75, 3.05) is 0 Å². The molecule has 100 valence electrons. The molecule has 0 spiro atoms. The van der Waals surface area contributed by atoms with Crippen LogP contribution in [-0.4, -0.2) is 11.7 Å². The second-order valence-corrected chi connectivity index (χ2v) is 4.21. The smallest absolute Gasteiger partial charge is 0.387 e. The summed E-state index contributed by atoms with van der Waals surface area (Å²) in [7, 11) is 0. The van der Waals surface area contributed by atoms with Crippen LogP contribution >= 0.6 is 0 Å². The van der Waals surface area contributed by atoms with E-state index in [4.69, 9.17) is 0 Å². The molecule has 0 aliphatic rings. The summed E-state index contributed by atoms with van der Waals surface area (Å²) in [5, 5.41) is 10.3. The first-order valence-electron chi connectivity index (χ1n) is 5.86. The Morgan fingerprint density at radius 3 is 2.47 bits per heavy atom. The van der Waals surface area contributed by atoms with Crippen LogP contribution in [0, 0.1) is 6.92 Å². The van der Waals surface area contributed by atoms with Crippen molar-refractivity contribution in [2.45, 2.75) is 19.6 Å².